The van der Waals surface area contributed by atoms with Crippen LogP contribution in [-0.4, -0.2) is 28.6 Å². The number of oxazole rings is 1. The maximum atomic E-state index is 13.8. The molecule has 0 bridgehead atoms. The van der Waals surface area contributed by atoms with E-state index in [2.05, 4.69) is 9.88 Å². The molecule has 0 saturated carbocycles. The van der Waals surface area contributed by atoms with Gasteiger partial charge in [0.15, 0.2) is 0 Å². The highest BCUT2D eigenvalue weighted by Gasteiger charge is 2.31. The lowest BCUT2D eigenvalue weighted by molar-refractivity contribution is 0.0516. The van der Waals surface area contributed by atoms with Crippen molar-refractivity contribution >= 4 is 0 Å². The van der Waals surface area contributed by atoms with Gasteiger partial charge < -0.3 is 4.42 Å². The molecule has 1 aliphatic rings. The molecular weight excluding hydrogens is 207 g/mol. The fourth-order valence-corrected chi connectivity index (χ4v) is 2.23. The van der Waals surface area contributed by atoms with Crippen molar-refractivity contribution < 1.29 is 8.81 Å². The molecule has 2 rings (SSSR count). The van der Waals surface area contributed by atoms with E-state index in [1.54, 1.807) is 6.92 Å². The predicted molar refractivity (Wildman–Crippen MR) is 60.0 cm³/mol. The van der Waals surface area contributed by atoms with Crippen LogP contribution in [0, 0.1) is 13.8 Å². The number of piperidine rings is 1. The second-order valence-corrected chi connectivity index (χ2v) is 4.98. The summed E-state index contributed by atoms with van der Waals surface area (Å²) < 4.78 is 19.3. The number of halogens is 1. The van der Waals surface area contributed by atoms with E-state index in [9.17, 15) is 4.39 Å². The third kappa shape index (κ3) is 2.61. The summed E-state index contributed by atoms with van der Waals surface area (Å²) in [7, 11) is 0. The second-order valence-electron chi connectivity index (χ2n) is 4.98. The molecule has 0 N–H and O–H groups in total. The molecule has 4 heteroatoms. The quantitative estimate of drug-likeness (QED) is 0.776. The average Bonchev–Trinajstić information content (AvgIpc) is 2.43. The lowest BCUT2D eigenvalue weighted by Crippen LogP contribution is -2.42. The fraction of sp³-hybridized carbons (Fsp3) is 0.750. The summed E-state index contributed by atoms with van der Waals surface area (Å²) in [6, 6.07) is 0. The second kappa shape index (κ2) is 4.17. The normalized spacial score (nSPS) is 27.2. The lowest BCUT2D eigenvalue weighted by atomic mass is 9.97. The van der Waals surface area contributed by atoms with Crippen molar-refractivity contribution in [1.29, 1.82) is 0 Å². The van der Waals surface area contributed by atoms with E-state index >= 15 is 0 Å². The topological polar surface area (TPSA) is 29.3 Å². The minimum absolute atomic E-state index is 0.480. The number of nitrogens with zero attached hydrogens (tertiary/aromatic N) is 2. The van der Waals surface area contributed by atoms with Gasteiger partial charge in [0.2, 0.25) is 5.89 Å². The first kappa shape index (κ1) is 11.6. The van der Waals surface area contributed by atoms with Gasteiger partial charge in [-0.05, 0) is 40.2 Å². The summed E-state index contributed by atoms with van der Waals surface area (Å²) in [4.78, 5) is 6.40. The van der Waals surface area contributed by atoms with E-state index in [1.807, 2.05) is 13.8 Å². The van der Waals surface area contributed by atoms with Crippen molar-refractivity contribution in [2.24, 2.45) is 0 Å². The first-order valence-corrected chi connectivity index (χ1v) is 5.80. The van der Waals surface area contributed by atoms with Crippen molar-refractivity contribution in [3.63, 3.8) is 0 Å². The zero-order valence-corrected chi connectivity index (χ0v) is 10.2. The standard InChI is InChI=1S/C12H19FN2O/c1-9-10(2)16-11(14-9)7-15-6-4-5-12(3,13)8-15/h4-8H2,1-3H3/t12-/m0/s1. The molecular formula is C12H19FN2O. The number of hydrogen-bond donors (Lipinski definition) is 0. The van der Waals surface area contributed by atoms with E-state index < -0.39 is 5.67 Å². The largest absolute Gasteiger partial charge is 0.444 e. The Morgan fingerprint density at radius 3 is 2.81 bits per heavy atom. The van der Waals surface area contributed by atoms with Crippen molar-refractivity contribution in [3.05, 3.63) is 17.3 Å². The fourth-order valence-electron chi connectivity index (χ4n) is 2.23. The van der Waals surface area contributed by atoms with Crippen LogP contribution in [-0.2, 0) is 6.54 Å². The molecule has 1 aliphatic heterocycles. The summed E-state index contributed by atoms with van der Waals surface area (Å²) in [5, 5.41) is 0. The molecule has 2 heterocycles. The van der Waals surface area contributed by atoms with Gasteiger partial charge in [-0.25, -0.2) is 9.37 Å². The van der Waals surface area contributed by atoms with E-state index in [0.29, 0.717) is 25.4 Å². The van der Waals surface area contributed by atoms with Gasteiger partial charge in [0.1, 0.15) is 11.4 Å². The molecule has 0 amide bonds. The molecule has 90 valence electrons. The van der Waals surface area contributed by atoms with Crippen molar-refractivity contribution in [2.45, 2.75) is 45.8 Å². The highest BCUT2D eigenvalue weighted by atomic mass is 19.1. The molecule has 1 aromatic heterocycles. The van der Waals surface area contributed by atoms with Gasteiger partial charge in [-0.1, -0.05) is 0 Å². The zero-order chi connectivity index (χ0) is 11.8. The summed E-state index contributed by atoms with van der Waals surface area (Å²) >= 11 is 0. The molecule has 0 aliphatic carbocycles. The Labute approximate surface area is 95.6 Å². The molecule has 3 nitrogen and oxygen atoms in total. The van der Waals surface area contributed by atoms with Gasteiger partial charge in [0.05, 0.1) is 12.2 Å². The molecule has 0 spiro atoms. The molecule has 1 fully saturated rings. The predicted octanol–water partition coefficient (Wildman–Crippen LogP) is 2.62. The molecule has 0 radical (unpaired) electrons. The molecule has 16 heavy (non-hydrogen) atoms. The van der Waals surface area contributed by atoms with Gasteiger partial charge >= 0.3 is 0 Å². The molecule has 0 aromatic carbocycles. The smallest absolute Gasteiger partial charge is 0.208 e. The Morgan fingerprint density at radius 2 is 2.25 bits per heavy atom. The van der Waals surface area contributed by atoms with Crippen molar-refractivity contribution in [1.82, 2.24) is 9.88 Å². The Kier molecular flexibility index (Phi) is 3.02. The van der Waals surface area contributed by atoms with Crippen LogP contribution in [0.5, 0.6) is 0 Å². The first-order chi connectivity index (χ1) is 7.46. The van der Waals surface area contributed by atoms with Gasteiger partial charge in [-0.2, -0.15) is 0 Å². The van der Waals surface area contributed by atoms with Crippen LogP contribution in [0.2, 0.25) is 0 Å². The van der Waals surface area contributed by atoms with Crippen LogP contribution in [0.4, 0.5) is 4.39 Å². The molecule has 1 aromatic rings. The molecule has 1 saturated heterocycles. The minimum Gasteiger partial charge on any atom is -0.444 e. The summed E-state index contributed by atoms with van der Waals surface area (Å²) in [6.45, 7) is 7.53. The van der Waals surface area contributed by atoms with E-state index in [1.165, 1.54) is 0 Å². The SMILES string of the molecule is Cc1nc(CN2CCC[C@](C)(F)C2)oc1C. The highest BCUT2D eigenvalue weighted by molar-refractivity contribution is 5.05. The van der Waals surface area contributed by atoms with Crippen LogP contribution >= 0.6 is 0 Å². The number of alkyl halides is 1. The maximum Gasteiger partial charge on any atom is 0.208 e. The molecule has 1 atom stereocenters. The molecule has 0 unspecified atom stereocenters. The van der Waals surface area contributed by atoms with Crippen LogP contribution < -0.4 is 0 Å². The Morgan fingerprint density at radius 1 is 1.50 bits per heavy atom. The van der Waals surface area contributed by atoms with Gasteiger partial charge in [0.25, 0.3) is 0 Å². The van der Waals surface area contributed by atoms with Gasteiger partial charge in [-0.15, -0.1) is 0 Å². The Bertz CT molecular complexity index is 354. The van der Waals surface area contributed by atoms with Crippen LogP contribution in [0.3, 0.4) is 0 Å². The zero-order valence-electron chi connectivity index (χ0n) is 10.2. The maximum absolute atomic E-state index is 13.8. The van der Waals surface area contributed by atoms with Gasteiger partial charge in [-0.3, -0.25) is 4.90 Å². The number of aryl methyl sites for hydroxylation is 2. The highest BCUT2D eigenvalue weighted by Crippen LogP contribution is 2.25. The lowest BCUT2D eigenvalue weighted by Gasteiger charge is -2.34. The van der Waals surface area contributed by atoms with Crippen LogP contribution in [0.15, 0.2) is 4.42 Å². The Hall–Kier alpha value is -0.900. The number of rotatable bonds is 2. The summed E-state index contributed by atoms with van der Waals surface area (Å²) in [5.41, 5.74) is -0.135. The summed E-state index contributed by atoms with van der Waals surface area (Å²) in [5.74, 6) is 1.56. The number of hydrogen-bond acceptors (Lipinski definition) is 3. The van der Waals surface area contributed by atoms with Crippen LogP contribution in [0.1, 0.15) is 37.1 Å². The van der Waals surface area contributed by atoms with Crippen molar-refractivity contribution in [2.75, 3.05) is 13.1 Å². The minimum atomic E-state index is -1.06. The third-order valence-corrected chi connectivity index (χ3v) is 3.16. The average molecular weight is 226 g/mol. The number of likely N-dealkylation sites (tertiary alicyclic amines) is 1. The third-order valence-electron chi connectivity index (χ3n) is 3.16. The van der Waals surface area contributed by atoms with Crippen LogP contribution in [0.25, 0.3) is 0 Å². The Balaban J connectivity index is 1.99. The first-order valence-electron chi connectivity index (χ1n) is 5.80. The van der Waals surface area contributed by atoms with E-state index in [-0.39, 0.29) is 0 Å². The van der Waals surface area contributed by atoms with Crippen molar-refractivity contribution in [3.8, 4) is 0 Å². The number of aromatic nitrogens is 1. The van der Waals surface area contributed by atoms with E-state index in [0.717, 1.165) is 24.4 Å². The van der Waals surface area contributed by atoms with Gasteiger partial charge in [0, 0.05) is 6.54 Å². The summed E-state index contributed by atoms with van der Waals surface area (Å²) in [6.07, 6.45) is 1.57. The monoisotopic (exact) mass is 226 g/mol. The van der Waals surface area contributed by atoms with E-state index in [4.69, 9.17) is 4.42 Å².